The third kappa shape index (κ3) is 4.45. The predicted octanol–water partition coefficient (Wildman–Crippen LogP) is 2.26. The Labute approximate surface area is 185 Å². The maximum atomic E-state index is 12.5. The molecule has 2 amide bonds. The molecule has 2 aliphatic rings. The summed E-state index contributed by atoms with van der Waals surface area (Å²) in [4.78, 5) is 35.6. The SMILES string of the molecule is O=C(N[C@H]1CCC[C@H]1C(=O)NCC(O)C(=O)O)OCC1c2ccccc2-c2ccccc21. The van der Waals surface area contributed by atoms with Crippen LogP contribution in [-0.4, -0.2) is 53.5 Å². The molecular weight excluding hydrogens is 412 g/mol. The molecule has 1 unspecified atom stereocenters. The molecule has 0 bridgehead atoms. The van der Waals surface area contributed by atoms with Crippen LogP contribution in [0.15, 0.2) is 48.5 Å². The second-order valence-corrected chi connectivity index (χ2v) is 8.21. The topological polar surface area (TPSA) is 125 Å². The summed E-state index contributed by atoms with van der Waals surface area (Å²) in [6.45, 7) is -0.184. The molecule has 1 fully saturated rings. The summed E-state index contributed by atoms with van der Waals surface area (Å²) >= 11 is 0. The minimum absolute atomic E-state index is 0.0478. The average Bonchev–Trinajstić information content (AvgIpc) is 3.38. The molecule has 2 aromatic rings. The zero-order valence-electron chi connectivity index (χ0n) is 17.5. The Bertz CT molecular complexity index is 978. The first-order valence-electron chi connectivity index (χ1n) is 10.8. The van der Waals surface area contributed by atoms with Gasteiger partial charge in [0.05, 0.1) is 12.5 Å². The van der Waals surface area contributed by atoms with Gasteiger partial charge in [0.2, 0.25) is 5.91 Å². The third-order valence-corrected chi connectivity index (χ3v) is 6.25. The molecule has 4 rings (SSSR count). The number of aliphatic carboxylic acids is 1. The Morgan fingerprint density at radius 2 is 1.62 bits per heavy atom. The number of aliphatic hydroxyl groups is 1. The Balaban J connectivity index is 1.34. The van der Waals surface area contributed by atoms with Gasteiger partial charge in [-0.15, -0.1) is 0 Å². The lowest BCUT2D eigenvalue weighted by Gasteiger charge is -2.21. The van der Waals surface area contributed by atoms with Gasteiger partial charge in [-0.3, -0.25) is 4.79 Å². The van der Waals surface area contributed by atoms with Crippen LogP contribution in [-0.2, 0) is 14.3 Å². The van der Waals surface area contributed by atoms with Gasteiger partial charge in [0.25, 0.3) is 0 Å². The highest BCUT2D eigenvalue weighted by atomic mass is 16.5. The van der Waals surface area contributed by atoms with Crippen molar-refractivity contribution < 1.29 is 29.3 Å². The van der Waals surface area contributed by atoms with Gasteiger partial charge < -0.3 is 25.6 Å². The van der Waals surface area contributed by atoms with Crippen molar-refractivity contribution in [1.29, 1.82) is 0 Å². The van der Waals surface area contributed by atoms with Crippen molar-refractivity contribution in [2.75, 3.05) is 13.2 Å². The number of hydrogen-bond donors (Lipinski definition) is 4. The van der Waals surface area contributed by atoms with Crippen molar-refractivity contribution in [1.82, 2.24) is 10.6 Å². The molecular formula is C24H26N2O6. The molecule has 2 aromatic carbocycles. The molecule has 1 saturated carbocycles. The lowest BCUT2D eigenvalue weighted by atomic mass is 9.98. The van der Waals surface area contributed by atoms with E-state index in [9.17, 15) is 19.5 Å². The molecule has 2 aliphatic carbocycles. The van der Waals surface area contributed by atoms with Crippen LogP contribution >= 0.6 is 0 Å². The second-order valence-electron chi connectivity index (χ2n) is 8.21. The van der Waals surface area contributed by atoms with Gasteiger partial charge in [0.15, 0.2) is 6.10 Å². The predicted molar refractivity (Wildman–Crippen MR) is 116 cm³/mol. The largest absolute Gasteiger partial charge is 0.479 e. The number of ether oxygens (including phenoxy) is 1. The number of carbonyl (C=O) groups is 3. The molecule has 0 heterocycles. The molecule has 4 N–H and O–H groups in total. The minimum Gasteiger partial charge on any atom is -0.479 e. The zero-order valence-corrected chi connectivity index (χ0v) is 17.5. The fourth-order valence-electron chi connectivity index (χ4n) is 4.65. The van der Waals surface area contributed by atoms with E-state index in [0.29, 0.717) is 12.8 Å². The van der Waals surface area contributed by atoms with E-state index in [1.54, 1.807) is 0 Å². The van der Waals surface area contributed by atoms with Gasteiger partial charge in [0.1, 0.15) is 6.61 Å². The maximum absolute atomic E-state index is 12.5. The third-order valence-electron chi connectivity index (χ3n) is 6.25. The van der Waals surface area contributed by atoms with E-state index in [2.05, 4.69) is 22.8 Å². The van der Waals surface area contributed by atoms with Crippen molar-refractivity contribution in [2.45, 2.75) is 37.3 Å². The molecule has 0 radical (unpaired) electrons. The number of carboxylic acids is 1. The van der Waals surface area contributed by atoms with Gasteiger partial charge in [0, 0.05) is 12.0 Å². The summed E-state index contributed by atoms with van der Waals surface area (Å²) < 4.78 is 5.56. The molecule has 0 saturated heterocycles. The number of amides is 2. The van der Waals surface area contributed by atoms with Crippen LogP contribution in [0.2, 0.25) is 0 Å². The fraction of sp³-hybridized carbons (Fsp3) is 0.375. The number of nitrogens with one attached hydrogen (secondary N) is 2. The standard InChI is InChI=1S/C24H26N2O6/c27-21(23(29)30)12-25-22(28)18-10-5-11-20(18)26-24(31)32-13-19-16-8-3-1-6-14(16)15-7-2-4-9-17(15)19/h1-4,6-9,18-21,27H,5,10-13H2,(H,25,28)(H,26,31)(H,29,30)/t18-,20+,21?/m1/s1. The Morgan fingerprint density at radius 1 is 1.00 bits per heavy atom. The summed E-state index contributed by atoms with van der Waals surface area (Å²) in [7, 11) is 0. The molecule has 3 atom stereocenters. The van der Waals surface area contributed by atoms with Crippen molar-refractivity contribution in [2.24, 2.45) is 5.92 Å². The van der Waals surface area contributed by atoms with E-state index in [1.165, 1.54) is 0 Å². The molecule has 0 aliphatic heterocycles. The molecule has 8 nitrogen and oxygen atoms in total. The molecule has 0 spiro atoms. The quantitative estimate of drug-likeness (QED) is 0.526. The number of carboxylic acid groups (broad SMARTS) is 1. The van der Waals surface area contributed by atoms with E-state index < -0.39 is 30.1 Å². The molecule has 0 aromatic heterocycles. The van der Waals surface area contributed by atoms with Crippen molar-refractivity contribution in [3.05, 3.63) is 59.7 Å². The summed E-state index contributed by atoms with van der Waals surface area (Å²) in [5.74, 6) is -2.32. The van der Waals surface area contributed by atoms with Crippen LogP contribution in [0.1, 0.15) is 36.3 Å². The van der Waals surface area contributed by atoms with Gasteiger partial charge in [-0.05, 0) is 35.1 Å². The first-order chi connectivity index (χ1) is 15.5. The van der Waals surface area contributed by atoms with E-state index in [-0.39, 0.29) is 25.0 Å². The minimum atomic E-state index is -1.66. The molecule has 8 heteroatoms. The van der Waals surface area contributed by atoms with E-state index in [1.807, 2.05) is 36.4 Å². The fourth-order valence-corrected chi connectivity index (χ4v) is 4.65. The van der Waals surface area contributed by atoms with Gasteiger partial charge in [-0.25, -0.2) is 9.59 Å². The summed E-state index contributed by atoms with van der Waals surface area (Å²) in [5, 5.41) is 23.3. The van der Waals surface area contributed by atoms with E-state index >= 15 is 0 Å². The van der Waals surface area contributed by atoms with Gasteiger partial charge >= 0.3 is 12.1 Å². The number of aliphatic hydroxyl groups excluding tert-OH is 1. The van der Waals surface area contributed by atoms with Gasteiger partial charge in [-0.2, -0.15) is 0 Å². The number of hydrogen-bond acceptors (Lipinski definition) is 5. The van der Waals surface area contributed by atoms with Crippen LogP contribution in [0.4, 0.5) is 4.79 Å². The summed E-state index contributed by atoms with van der Waals surface area (Å²) in [6, 6.07) is 15.8. The first-order valence-corrected chi connectivity index (χ1v) is 10.8. The maximum Gasteiger partial charge on any atom is 0.407 e. The van der Waals surface area contributed by atoms with Crippen molar-refractivity contribution >= 4 is 18.0 Å². The zero-order chi connectivity index (χ0) is 22.7. The highest BCUT2D eigenvalue weighted by molar-refractivity contribution is 5.82. The van der Waals surface area contributed by atoms with Crippen LogP contribution in [0, 0.1) is 5.92 Å². The number of alkyl carbamates (subject to hydrolysis) is 1. The van der Waals surface area contributed by atoms with Crippen LogP contribution in [0.5, 0.6) is 0 Å². The van der Waals surface area contributed by atoms with Crippen LogP contribution in [0.3, 0.4) is 0 Å². The number of fused-ring (bicyclic) bond motifs is 3. The Morgan fingerprint density at radius 3 is 2.25 bits per heavy atom. The highest BCUT2D eigenvalue weighted by Crippen LogP contribution is 2.44. The summed E-state index contributed by atoms with van der Waals surface area (Å²) in [5.41, 5.74) is 4.54. The lowest BCUT2D eigenvalue weighted by Crippen LogP contribution is -2.46. The summed E-state index contributed by atoms with van der Waals surface area (Å²) in [6.07, 6.45) is -0.280. The number of benzene rings is 2. The van der Waals surface area contributed by atoms with E-state index in [4.69, 9.17) is 9.84 Å². The smallest absolute Gasteiger partial charge is 0.407 e. The number of carbonyl (C=O) groups excluding carboxylic acids is 2. The Kier molecular flexibility index (Phi) is 6.41. The first kappa shape index (κ1) is 21.8. The van der Waals surface area contributed by atoms with Crippen molar-refractivity contribution in [3.63, 3.8) is 0 Å². The highest BCUT2D eigenvalue weighted by Gasteiger charge is 2.35. The average molecular weight is 438 g/mol. The van der Waals surface area contributed by atoms with Crippen LogP contribution < -0.4 is 10.6 Å². The normalized spacial score (nSPS) is 20.2. The Hall–Kier alpha value is -3.39. The molecule has 168 valence electrons. The van der Waals surface area contributed by atoms with Crippen LogP contribution in [0.25, 0.3) is 11.1 Å². The number of rotatable bonds is 7. The lowest BCUT2D eigenvalue weighted by molar-refractivity contribution is -0.146. The monoisotopic (exact) mass is 438 g/mol. The second kappa shape index (κ2) is 9.40. The van der Waals surface area contributed by atoms with Gasteiger partial charge in [-0.1, -0.05) is 55.0 Å². The van der Waals surface area contributed by atoms with Crippen molar-refractivity contribution in [3.8, 4) is 11.1 Å². The molecule has 32 heavy (non-hydrogen) atoms. The van der Waals surface area contributed by atoms with E-state index in [0.717, 1.165) is 28.7 Å².